The highest BCUT2D eigenvalue weighted by Crippen LogP contribution is 2.26. The van der Waals surface area contributed by atoms with Crippen LogP contribution in [-0.2, 0) is 0 Å². The molecule has 1 heterocycles. The van der Waals surface area contributed by atoms with E-state index in [1.54, 1.807) is 0 Å². The first-order valence-electron chi connectivity index (χ1n) is 7.54. The average molecular weight is 373 g/mol. The van der Waals surface area contributed by atoms with E-state index in [2.05, 4.69) is 5.32 Å². The second-order valence-electron chi connectivity index (χ2n) is 5.75. The number of nitrogens with one attached hydrogen (secondary N) is 1. The third-order valence-corrected chi connectivity index (χ3v) is 4.08. The molecule has 1 saturated heterocycles. The van der Waals surface area contributed by atoms with Crippen LogP contribution >= 0.6 is 0 Å². The quantitative estimate of drug-likeness (QED) is 0.196. The zero-order valence-electron chi connectivity index (χ0n) is 13.3. The van der Waals surface area contributed by atoms with Gasteiger partial charge in [0, 0.05) is 17.8 Å². The maximum atomic E-state index is 12.1. The van der Waals surface area contributed by atoms with Crippen molar-refractivity contribution in [3.05, 3.63) is 34.4 Å². The first-order valence-corrected chi connectivity index (χ1v) is 7.54. The van der Waals surface area contributed by atoms with Gasteiger partial charge in [0.1, 0.15) is 30.5 Å². The molecule has 1 aromatic carbocycles. The summed E-state index contributed by atoms with van der Waals surface area (Å²) in [5.74, 6) is 0. The fourth-order valence-electron chi connectivity index (χ4n) is 2.58. The predicted octanol–water partition coefficient (Wildman–Crippen LogP) is -2.75. The molecule has 2 amide bonds. The van der Waals surface area contributed by atoms with E-state index in [1.807, 2.05) is 0 Å². The molecule has 1 aliphatic rings. The summed E-state index contributed by atoms with van der Waals surface area (Å²) in [7, 11) is 0. The van der Waals surface area contributed by atoms with Crippen LogP contribution in [-0.4, -0.2) is 84.9 Å². The first-order chi connectivity index (χ1) is 12.2. The van der Waals surface area contributed by atoms with Crippen molar-refractivity contribution in [2.24, 2.45) is 0 Å². The minimum atomic E-state index is -1.98. The number of urea groups is 1. The minimum Gasteiger partial charge on any atom is -0.394 e. The number of non-ortho nitro benzene ring substituents is 1. The highest BCUT2D eigenvalue weighted by molar-refractivity contribution is 5.95. The van der Waals surface area contributed by atoms with Gasteiger partial charge in [0.25, 0.3) is 5.69 Å². The van der Waals surface area contributed by atoms with Gasteiger partial charge in [-0.2, -0.15) is 0 Å². The molecule has 0 aromatic heterocycles. The molecular weight excluding hydrogens is 354 g/mol. The molecule has 0 spiro atoms. The zero-order chi connectivity index (χ0) is 19.6. The molecule has 12 nitrogen and oxygen atoms in total. The summed E-state index contributed by atoms with van der Waals surface area (Å²) in [6.45, 7) is -0.876. The number of nitro benzene ring substituents is 1. The number of nitrogens with zero attached hydrogens (tertiary/aromatic N) is 2. The molecule has 0 saturated carbocycles. The Bertz CT molecular complexity index is 656. The normalized spacial score (nSPS) is 24.7. The number of benzene rings is 1. The summed E-state index contributed by atoms with van der Waals surface area (Å²) in [5, 5.41) is 70.9. The van der Waals surface area contributed by atoms with Crippen LogP contribution in [0.4, 0.5) is 16.2 Å². The standard InChI is InChI=1S/C14H19N3O9/c18-5-8(19)10(20)12(22)11(21)9-13(23)16(14(24)15-9)6-1-3-7(4-2-6)17(25)26/h1-4,8-13,18-23H,5H2,(H,15,24)/t8-,9+,10+,11+,12+,13+/m1/s1. The van der Waals surface area contributed by atoms with Crippen molar-refractivity contribution in [1.82, 2.24) is 5.32 Å². The van der Waals surface area contributed by atoms with Gasteiger partial charge in [-0.25, -0.2) is 4.79 Å². The van der Waals surface area contributed by atoms with Crippen LogP contribution in [0.5, 0.6) is 0 Å². The number of hydrogen-bond acceptors (Lipinski definition) is 9. The molecule has 0 unspecified atom stereocenters. The molecule has 1 fully saturated rings. The second-order valence-corrected chi connectivity index (χ2v) is 5.75. The number of hydrogen-bond donors (Lipinski definition) is 7. The minimum absolute atomic E-state index is 0.0979. The molecule has 12 heteroatoms. The van der Waals surface area contributed by atoms with Crippen LogP contribution in [0.15, 0.2) is 24.3 Å². The van der Waals surface area contributed by atoms with Crippen molar-refractivity contribution in [2.75, 3.05) is 11.5 Å². The van der Waals surface area contributed by atoms with Crippen molar-refractivity contribution in [1.29, 1.82) is 0 Å². The summed E-state index contributed by atoms with van der Waals surface area (Å²) in [5.41, 5.74) is -0.128. The van der Waals surface area contributed by atoms with E-state index in [9.17, 15) is 40.4 Å². The highest BCUT2D eigenvalue weighted by atomic mass is 16.6. The van der Waals surface area contributed by atoms with E-state index >= 15 is 0 Å². The Morgan fingerprint density at radius 3 is 2.23 bits per heavy atom. The largest absolute Gasteiger partial charge is 0.394 e. The van der Waals surface area contributed by atoms with Crippen molar-refractivity contribution in [3.8, 4) is 0 Å². The molecule has 26 heavy (non-hydrogen) atoms. The molecular formula is C14H19N3O9. The Balaban J connectivity index is 2.17. The maximum Gasteiger partial charge on any atom is 0.324 e. The molecule has 1 aliphatic heterocycles. The predicted molar refractivity (Wildman–Crippen MR) is 85.0 cm³/mol. The molecule has 1 aromatic rings. The van der Waals surface area contributed by atoms with Gasteiger partial charge in [-0.15, -0.1) is 0 Å². The third kappa shape index (κ3) is 3.75. The molecule has 0 bridgehead atoms. The van der Waals surface area contributed by atoms with Gasteiger partial charge >= 0.3 is 6.03 Å². The number of aliphatic hydroxyl groups is 6. The summed E-state index contributed by atoms with van der Waals surface area (Å²) < 4.78 is 0. The topological polar surface area (TPSA) is 197 Å². The van der Waals surface area contributed by atoms with E-state index in [-0.39, 0.29) is 11.4 Å². The van der Waals surface area contributed by atoms with Crippen LogP contribution in [0, 0.1) is 10.1 Å². The molecule has 0 aliphatic carbocycles. The van der Waals surface area contributed by atoms with Crippen LogP contribution in [0.2, 0.25) is 0 Å². The van der Waals surface area contributed by atoms with E-state index < -0.39 is 54.2 Å². The van der Waals surface area contributed by atoms with Crippen molar-refractivity contribution in [2.45, 2.75) is 36.7 Å². The SMILES string of the molecule is O=C1N[C@@H]([C@H](O)[C@@H](O)[C@@H](O)[C@H](O)CO)[C@H](O)N1c1ccc([N+](=O)[O-])cc1. The van der Waals surface area contributed by atoms with Gasteiger partial charge in [-0.3, -0.25) is 15.0 Å². The molecule has 7 N–H and O–H groups in total. The Morgan fingerprint density at radius 1 is 1.15 bits per heavy atom. The first kappa shape index (κ1) is 20.0. The lowest BCUT2D eigenvalue weighted by molar-refractivity contribution is -0.384. The van der Waals surface area contributed by atoms with Gasteiger partial charge in [0.05, 0.1) is 11.5 Å². The number of anilines is 1. The fourth-order valence-corrected chi connectivity index (χ4v) is 2.58. The van der Waals surface area contributed by atoms with Crippen LogP contribution in [0.25, 0.3) is 0 Å². The van der Waals surface area contributed by atoms with E-state index in [0.29, 0.717) is 0 Å². The lowest BCUT2D eigenvalue weighted by atomic mass is 9.97. The van der Waals surface area contributed by atoms with Gasteiger partial charge < -0.3 is 36.0 Å². The van der Waals surface area contributed by atoms with Crippen LogP contribution in [0.1, 0.15) is 0 Å². The lowest BCUT2D eigenvalue weighted by Gasteiger charge is -2.30. The van der Waals surface area contributed by atoms with Gasteiger partial charge in [-0.05, 0) is 12.1 Å². The number of carbonyl (C=O) groups excluding carboxylic acids is 1. The molecule has 0 radical (unpaired) electrons. The Hall–Kier alpha value is -2.35. The molecule has 2 rings (SSSR count). The summed E-state index contributed by atoms with van der Waals surface area (Å²) >= 11 is 0. The Kier molecular flexibility index (Phi) is 6.07. The van der Waals surface area contributed by atoms with Gasteiger partial charge in [0.15, 0.2) is 6.23 Å². The number of rotatable bonds is 7. The average Bonchev–Trinajstić information content (AvgIpc) is 2.93. The van der Waals surface area contributed by atoms with Gasteiger partial charge in [-0.1, -0.05) is 0 Å². The van der Waals surface area contributed by atoms with E-state index in [0.717, 1.165) is 17.0 Å². The number of amides is 2. The van der Waals surface area contributed by atoms with Gasteiger partial charge in [0.2, 0.25) is 0 Å². The summed E-state index contributed by atoms with van der Waals surface area (Å²) in [4.78, 5) is 22.9. The van der Waals surface area contributed by atoms with Crippen molar-refractivity contribution in [3.63, 3.8) is 0 Å². The lowest BCUT2D eigenvalue weighted by Crippen LogP contribution is -2.55. The second kappa shape index (κ2) is 7.90. The summed E-state index contributed by atoms with van der Waals surface area (Å²) in [6.07, 6.45) is -9.19. The fraction of sp³-hybridized carbons (Fsp3) is 0.500. The zero-order valence-corrected chi connectivity index (χ0v) is 13.3. The smallest absolute Gasteiger partial charge is 0.324 e. The van der Waals surface area contributed by atoms with Crippen molar-refractivity contribution < 1.29 is 40.4 Å². The Labute approximate surface area is 146 Å². The Morgan fingerprint density at radius 2 is 1.73 bits per heavy atom. The molecule has 6 atom stereocenters. The van der Waals surface area contributed by atoms with Crippen molar-refractivity contribution >= 4 is 17.4 Å². The summed E-state index contributed by atoms with van der Waals surface area (Å²) in [6, 6.07) is 2.39. The third-order valence-electron chi connectivity index (χ3n) is 4.08. The number of nitro groups is 1. The monoisotopic (exact) mass is 373 g/mol. The highest BCUT2D eigenvalue weighted by Gasteiger charge is 2.46. The molecule has 144 valence electrons. The number of aliphatic hydroxyl groups excluding tert-OH is 6. The van der Waals surface area contributed by atoms with E-state index in [4.69, 9.17) is 5.11 Å². The van der Waals surface area contributed by atoms with Crippen LogP contribution < -0.4 is 10.2 Å². The number of carbonyl (C=O) groups is 1. The maximum absolute atomic E-state index is 12.1. The van der Waals surface area contributed by atoms with Crippen LogP contribution in [0.3, 0.4) is 0 Å². The van der Waals surface area contributed by atoms with E-state index in [1.165, 1.54) is 12.1 Å².